The number of alkyl halides is 2. The highest BCUT2D eigenvalue weighted by atomic mass is 19.3. The summed E-state index contributed by atoms with van der Waals surface area (Å²) in [7, 11) is 0. The lowest BCUT2D eigenvalue weighted by Crippen LogP contribution is -2.56. The van der Waals surface area contributed by atoms with E-state index in [1.807, 2.05) is 18.2 Å². The average molecular weight is 643 g/mol. The van der Waals surface area contributed by atoms with Gasteiger partial charge in [-0.2, -0.15) is 15.3 Å². The Labute approximate surface area is 269 Å². The van der Waals surface area contributed by atoms with E-state index < -0.39 is 24.5 Å². The number of carbonyl (C=O) groups excluding carboxylic acids is 1. The zero-order chi connectivity index (χ0) is 32.4. The number of nitrogens with zero attached hydrogens (tertiary/aromatic N) is 8. The summed E-state index contributed by atoms with van der Waals surface area (Å²) < 4.78 is 41.2. The largest absolute Gasteiger partial charge is 0.483 e. The summed E-state index contributed by atoms with van der Waals surface area (Å²) in [4.78, 5) is 31.4. The SMILES string of the molecule is N#Cc1cc(-c2ncnc(Nc3ccc(N4CCN(C5COC5)CC4)cc3)n2)ccc1OC1CCN(C(=O)c2ccn[nH]2)CC1(F)F. The standard InChI is InChI=1S/C32H32F2N10O3/c33-32(34)19-44(30(45)26-7-9-38-41-26)10-8-28(32)47-27-6-1-21(15-22(27)16-35)29-36-20-37-31(40-29)39-23-2-4-24(5-3-23)42-11-13-43(14-12-42)25-17-46-18-25/h1-7,9,15,20,25,28H,8,10-14,17-19H2,(H,38,41)(H,36,37,39,40). The number of hydrogen-bond donors (Lipinski definition) is 2. The molecule has 2 aromatic heterocycles. The number of benzene rings is 2. The lowest BCUT2D eigenvalue weighted by molar-refractivity contribution is -0.132. The summed E-state index contributed by atoms with van der Waals surface area (Å²) in [6, 6.07) is 16.6. The van der Waals surface area contributed by atoms with Crippen molar-refractivity contribution < 1.29 is 23.0 Å². The third-order valence-corrected chi connectivity index (χ3v) is 8.69. The van der Waals surface area contributed by atoms with Crippen LogP contribution in [0, 0.1) is 11.3 Å². The molecule has 3 aliphatic heterocycles. The van der Waals surface area contributed by atoms with E-state index in [-0.39, 0.29) is 30.0 Å². The second-order valence-electron chi connectivity index (χ2n) is 11.7. The number of aromatic amines is 1. The van der Waals surface area contributed by atoms with Crippen LogP contribution < -0.4 is 15.0 Å². The maximum Gasteiger partial charge on any atom is 0.301 e. The van der Waals surface area contributed by atoms with Gasteiger partial charge in [-0.25, -0.2) is 18.7 Å². The van der Waals surface area contributed by atoms with Crippen LogP contribution in [-0.4, -0.2) is 111 Å². The molecule has 1 amide bonds. The Kier molecular flexibility index (Phi) is 8.35. The molecule has 2 N–H and O–H groups in total. The van der Waals surface area contributed by atoms with Gasteiger partial charge in [0.2, 0.25) is 5.95 Å². The van der Waals surface area contributed by atoms with Gasteiger partial charge in [0.15, 0.2) is 11.9 Å². The number of H-pyrrole nitrogens is 1. The monoisotopic (exact) mass is 642 g/mol. The molecule has 1 atom stereocenters. The predicted molar refractivity (Wildman–Crippen MR) is 167 cm³/mol. The molecule has 4 aromatic rings. The highest BCUT2D eigenvalue weighted by Gasteiger charge is 2.48. The first-order valence-electron chi connectivity index (χ1n) is 15.4. The summed E-state index contributed by atoms with van der Waals surface area (Å²) in [6.07, 6.45) is 1.12. The Bertz CT molecular complexity index is 1750. The molecule has 15 heteroatoms. The Hall–Kier alpha value is -5.20. The molecule has 5 heterocycles. The number of piperazine rings is 1. The Morgan fingerprint density at radius 2 is 1.87 bits per heavy atom. The van der Waals surface area contributed by atoms with Crippen LogP contribution in [0.3, 0.4) is 0 Å². The second-order valence-corrected chi connectivity index (χ2v) is 11.7. The number of hydrogen-bond acceptors (Lipinski definition) is 11. The normalized spacial score (nSPS) is 19.9. The van der Waals surface area contributed by atoms with E-state index in [0.717, 1.165) is 55.7 Å². The summed E-state index contributed by atoms with van der Waals surface area (Å²) >= 11 is 0. The third kappa shape index (κ3) is 6.56. The highest BCUT2D eigenvalue weighted by Crippen LogP contribution is 2.34. The fourth-order valence-corrected chi connectivity index (χ4v) is 5.96. The molecule has 7 rings (SSSR count). The maximum absolute atomic E-state index is 15.1. The number of anilines is 3. The van der Waals surface area contributed by atoms with Gasteiger partial charge in [0.1, 0.15) is 23.8 Å². The maximum atomic E-state index is 15.1. The number of carbonyl (C=O) groups is 1. The van der Waals surface area contributed by atoms with Crippen molar-refractivity contribution in [3.8, 4) is 23.2 Å². The number of amides is 1. The second kappa shape index (κ2) is 12.9. The fraction of sp³-hybridized carbons (Fsp3) is 0.375. The lowest BCUT2D eigenvalue weighted by Gasteiger charge is -2.43. The quantitative estimate of drug-likeness (QED) is 0.292. The summed E-state index contributed by atoms with van der Waals surface area (Å²) in [5.74, 6) is -3.27. The van der Waals surface area contributed by atoms with Crippen molar-refractivity contribution >= 4 is 23.2 Å². The predicted octanol–water partition coefficient (Wildman–Crippen LogP) is 3.33. The molecule has 0 saturated carbocycles. The summed E-state index contributed by atoms with van der Waals surface area (Å²) in [6.45, 7) is 4.88. The molecule has 0 radical (unpaired) electrons. The molecule has 0 spiro atoms. The fourth-order valence-electron chi connectivity index (χ4n) is 5.96. The number of likely N-dealkylation sites (tertiary alicyclic amines) is 1. The summed E-state index contributed by atoms with van der Waals surface area (Å²) in [5.41, 5.74) is 2.64. The van der Waals surface area contributed by atoms with E-state index in [1.165, 1.54) is 30.7 Å². The molecule has 242 valence electrons. The van der Waals surface area contributed by atoms with Gasteiger partial charge in [0.05, 0.1) is 31.4 Å². The van der Waals surface area contributed by atoms with Crippen LogP contribution >= 0.6 is 0 Å². The van der Waals surface area contributed by atoms with Gasteiger partial charge in [-0.15, -0.1) is 0 Å². The molecule has 0 aliphatic carbocycles. The smallest absolute Gasteiger partial charge is 0.301 e. The molecule has 3 fully saturated rings. The zero-order valence-corrected chi connectivity index (χ0v) is 25.4. The van der Waals surface area contributed by atoms with Gasteiger partial charge >= 0.3 is 5.92 Å². The first-order valence-corrected chi connectivity index (χ1v) is 15.4. The first-order chi connectivity index (χ1) is 22.9. The minimum Gasteiger partial charge on any atom is -0.483 e. The number of aromatic nitrogens is 5. The van der Waals surface area contributed by atoms with Gasteiger partial charge < -0.3 is 24.6 Å². The van der Waals surface area contributed by atoms with E-state index in [4.69, 9.17) is 9.47 Å². The van der Waals surface area contributed by atoms with Gasteiger partial charge in [0.25, 0.3) is 5.91 Å². The van der Waals surface area contributed by atoms with Crippen molar-refractivity contribution in [1.29, 1.82) is 5.26 Å². The average Bonchev–Trinajstić information content (AvgIpc) is 3.61. The number of nitrogens with one attached hydrogen (secondary N) is 2. The van der Waals surface area contributed by atoms with E-state index in [1.54, 1.807) is 6.07 Å². The molecule has 13 nitrogen and oxygen atoms in total. The summed E-state index contributed by atoms with van der Waals surface area (Å²) in [5, 5.41) is 19.2. The van der Waals surface area contributed by atoms with E-state index >= 15 is 8.78 Å². The molecular weight excluding hydrogens is 610 g/mol. The van der Waals surface area contributed by atoms with Crippen LogP contribution in [0.25, 0.3) is 11.4 Å². The Balaban J connectivity index is 0.983. The Morgan fingerprint density at radius 1 is 1.06 bits per heavy atom. The lowest BCUT2D eigenvalue weighted by atomic mass is 10.0. The number of nitriles is 1. The van der Waals surface area contributed by atoms with Gasteiger partial charge in [0, 0.05) is 62.3 Å². The molecular formula is C32H32F2N10O3. The number of piperidine rings is 1. The Morgan fingerprint density at radius 3 is 2.55 bits per heavy atom. The van der Waals surface area contributed by atoms with Crippen LogP contribution in [0.4, 0.5) is 26.1 Å². The third-order valence-electron chi connectivity index (χ3n) is 8.69. The molecule has 3 saturated heterocycles. The first kappa shape index (κ1) is 30.5. The minimum atomic E-state index is -3.34. The van der Waals surface area contributed by atoms with Crippen LogP contribution in [0.15, 0.2) is 61.1 Å². The molecule has 47 heavy (non-hydrogen) atoms. The molecule has 1 unspecified atom stereocenters. The number of rotatable bonds is 8. The van der Waals surface area contributed by atoms with Crippen LogP contribution in [0.2, 0.25) is 0 Å². The van der Waals surface area contributed by atoms with Crippen molar-refractivity contribution in [2.24, 2.45) is 0 Å². The van der Waals surface area contributed by atoms with Gasteiger partial charge in [-0.1, -0.05) is 0 Å². The van der Waals surface area contributed by atoms with Crippen LogP contribution in [-0.2, 0) is 4.74 Å². The number of halogens is 2. The van der Waals surface area contributed by atoms with Crippen LogP contribution in [0.1, 0.15) is 22.5 Å². The van der Waals surface area contributed by atoms with Crippen molar-refractivity contribution in [2.45, 2.75) is 24.5 Å². The van der Waals surface area contributed by atoms with E-state index in [0.29, 0.717) is 23.4 Å². The molecule has 2 aromatic carbocycles. The molecule has 0 bridgehead atoms. The zero-order valence-electron chi connectivity index (χ0n) is 25.4. The van der Waals surface area contributed by atoms with Crippen molar-refractivity contribution in [3.63, 3.8) is 0 Å². The van der Waals surface area contributed by atoms with Crippen molar-refractivity contribution in [1.82, 2.24) is 34.9 Å². The highest BCUT2D eigenvalue weighted by molar-refractivity contribution is 5.92. The van der Waals surface area contributed by atoms with Crippen molar-refractivity contribution in [2.75, 3.05) is 62.7 Å². The minimum absolute atomic E-state index is 0.0141. The van der Waals surface area contributed by atoms with Crippen molar-refractivity contribution in [3.05, 3.63) is 72.3 Å². The van der Waals surface area contributed by atoms with Gasteiger partial charge in [-0.3, -0.25) is 14.8 Å². The number of ether oxygens (including phenoxy) is 2. The van der Waals surface area contributed by atoms with Crippen LogP contribution in [0.5, 0.6) is 5.75 Å². The molecule has 3 aliphatic rings. The van der Waals surface area contributed by atoms with E-state index in [2.05, 4.69) is 52.4 Å². The topological polar surface area (TPSA) is 148 Å². The van der Waals surface area contributed by atoms with Gasteiger partial charge in [-0.05, 0) is 48.5 Å². The van der Waals surface area contributed by atoms with E-state index in [9.17, 15) is 10.1 Å².